The molecule has 1 aromatic rings. The van der Waals surface area contributed by atoms with Crippen LogP contribution in [0.3, 0.4) is 0 Å². The Bertz CT molecular complexity index is 490. The van der Waals surface area contributed by atoms with Gasteiger partial charge in [0.05, 0.1) is 0 Å². The van der Waals surface area contributed by atoms with E-state index in [1.54, 1.807) is 11.8 Å². The van der Waals surface area contributed by atoms with E-state index in [2.05, 4.69) is 22.8 Å². The predicted molar refractivity (Wildman–Crippen MR) is 93.6 cm³/mol. The summed E-state index contributed by atoms with van der Waals surface area (Å²) in [4.78, 5) is 26.6. The molecule has 1 aromatic carbocycles. The number of urea groups is 1. The summed E-state index contributed by atoms with van der Waals surface area (Å²) in [6.45, 7) is 2.78. The molecule has 126 valence electrons. The highest BCUT2D eigenvalue weighted by atomic mass is 32.2. The second-order valence-corrected chi connectivity index (χ2v) is 6.70. The molecule has 1 saturated heterocycles. The van der Waals surface area contributed by atoms with Gasteiger partial charge in [-0.15, -0.1) is 11.8 Å². The van der Waals surface area contributed by atoms with Crippen LogP contribution >= 0.6 is 11.8 Å². The van der Waals surface area contributed by atoms with Crippen LogP contribution in [0.2, 0.25) is 0 Å². The van der Waals surface area contributed by atoms with Gasteiger partial charge in [0.15, 0.2) is 0 Å². The summed E-state index contributed by atoms with van der Waals surface area (Å²) in [6, 6.07) is 10.0. The molecule has 6 heteroatoms. The number of hydrogen-bond donors (Lipinski definition) is 2. The van der Waals surface area contributed by atoms with Gasteiger partial charge in [-0.05, 0) is 37.1 Å². The Labute approximate surface area is 142 Å². The van der Waals surface area contributed by atoms with Crippen LogP contribution in [0.15, 0.2) is 35.2 Å². The molecule has 23 heavy (non-hydrogen) atoms. The van der Waals surface area contributed by atoms with Gasteiger partial charge in [-0.2, -0.15) is 0 Å². The topological polar surface area (TPSA) is 61.4 Å². The van der Waals surface area contributed by atoms with Crippen molar-refractivity contribution in [3.63, 3.8) is 0 Å². The number of amides is 3. The van der Waals surface area contributed by atoms with Crippen molar-refractivity contribution < 1.29 is 9.59 Å². The Morgan fingerprint density at radius 1 is 1.04 bits per heavy atom. The quantitative estimate of drug-likeness (QED) is 0.567. The minimum absolute atomic E-state index is 0.141. The highest BCUT2D eigenvalue weighted by Crippen LogP contribution is 2.17. The largest absolute Gasteiger partial charge is 0.343 e. The second kappa shape index (κ2) is 10.2. The van der Waals surface area contributed by atoms with Crippen molar-refractivity contribution in [1.82, 2.24) is 15.5 Å². The standard InChI is InChI=1S/C17H25N3O2S/c21-16(20-12-4-5-13-20)9-11-19-17(22)18-10-6-14-23-15-7-2-1-3-8-15/h1-3,7-8H,4-6,9-14H2,(H2,18,19,22). The number of carbonyl (C=O) groups is 2. The van der Waals surface area contributed by atoms with Gasteiger partial charge in [-0.1, -0.05) is 18.2 Å². The molecule has 0 unspecified atom stereocenters. The normalized spacial score (nSPS) is 13.8. The smallest absolute Gasteiger partial charge is 0.314 e. The van der Waals surface area contributed by atoms with Gasteiger partial charge in [0.2, 0.25) is 5.91 Å². The number of thioether (sulfide) groups is 1. The zero-order valence-corrected chi connectivity index (χ0v) is 14.2. The highest BCUT2D eigenvalue weighted by molar-refractivity contribution is 7.99. The summed E-state index contributed by atoms with van der Waals surface area (Å²) in [5.41, 5.74) is 0. The lowest BCUT2D eigenvalue weighted by molar-refractivity contribution is -0.129. The van der Waals surface area contributed by atoms with Gasteiger partial charge in [0.1, 0.15) is 0 Å². The van der Waals surface area contributed by atoms with Crippen LogP contribution in [0.5, 0.6) is 0 Å². The molecule has 1 aliphatic rings. The molecular weight excluding hydrogens is 310 g/mol. The average molecular weight is 335 g/mol. The van der Waals surface area contributed by atoms with Crippen molar-refractivity contribution in [2.75, 3.05) is 31.9 Å². The summed E-state index contributed by atoms with van der Waals surface area (Å²) < 4.78 is 0. The van der Waals surface area contributed by atoms with Crippen molar-refractivity contribution in [3.05, 3.63) is 30.3 Å². The molecule has 3 amide bonds. The van der Waals surface area contributed by atoms with E-state index in [1.807, 2.05) is 23.1 Å². The van der Waals surface area contributed by atoms with E-state index in [4.69, 9.17) is 0 Å². The molecule has 0 saturated carbocycles. The number of benzene rings is 1. The molecule has 2 N–H and O–H groups in total. The zero-order chi connectivity index (χ0) is 16.3. The maximum atomic E-state index is 11.8. The summed E-state index contributed by atoms with van der Waals surface area (Å²) in [5.74, 6) is 1.11. The third-order valence-electron chi connectivity index (χ3n) is 3.70. The monoisotopic (exact) mass is 335 g/mol. The van der Waals surface area contributed by atoms with Crippen LogP contribution in [0.4, 0.5) is 4.79 Å². The second-order valence-electron chi connectivity index (χ2n) is 5.54. The van der Waals surface area contributed by atoms with Gasteiger partial charge >= 0.3 is 6.03 Å². The van der Waals surface area contributed by atoms with Crippen LogP contribution in [-0.4, -0.2) is 48.8 Å². The number of rotatable bonds is 8. The first-order valence-corrected chi connectivity index (χ1v) is 9.21. The number of nitrogens with one attached hydrogen (secondary N) is 2. The molecule has 5 nitrogen and oxygen atoms in total. The summed E-state index contributed by atoms with van der Waals surface area (Å²) >= 11 is 1.79. The van der Waals surface area contributed by atoms with Crippen molar-refractivity contribution in [2.45, 2.75) is 30.6 Å². The van der Waals surface area contributed by atoms with E-state index in [-0.39, 0.29) is 11.9 Å². The molecule has 1 aliphatic heterocycles. The number of carbonyl (C=O) groups excluding carboxylic acids is 2. The SMILES string of the molecule is O=C(NCCCSc1ccccc1)NCCC(=O)N1CCCC1. The van der Waals surface area contributed by atoms with E-state index in [1.165, 1.54) is 4.90 Å². The van der Waals surface area contributed by atoms with Crippen LogP contribution < -0.4 is 10.6 Å². The summed E-state index contributed by atoms with van der Waals surface area (Å²) in [5, 5.41) is 5.57. The molecule has 0 atom stereocenters. The maximum Gasteiger partial charge on any atom is 0.314 e. The number of nitrogens with zero attached hydrogens (tertiary/aromatic N) is 1. The lowest BCUT2D eigenvalue weighted by Gasteiger charge is -2.15. The molecule has 0 spiro atoms. The predicted octanol–water partition coefficient (Wildman–Crippen LogP) is 2.48. The molecule has 0 aromatic heterocycles. The average Bonchev–Trinajstić information content (AvgIpc) is 3.10. The first-order valence-electron chi connectivity index (χ1n) is 8.23. The Morgan fingerprint density at radius 3 is 2.48 bits per heavy atom. The molecular formula is C17H25N3O2S. The third kappa shape index (κ3) is 6.95. The minimum atomic E-state index is -0.191. The number of hydrogen-bond acceptors (Lipinski definition) is 3. The summed E-state index contributed by atoms with van der Waals surface area (Å²) in [6.07, 6.45) is 3.50. The Hall–Kier alpha value is -1.69. The van der Waals surface area contributed by atoms with Crippen molar-refractivity contribution >= 4 is 23.7 Å². The van der Waals surface area contributed by atoms with E-state index in [0.717, 1.165) is 38.1 Å². The lowest BCUT2D eigenvalue weighted by atomic mass is 10.3. The van der Waals surface area contributed by atoms with Crippen LogP contribution in [0.1, 0.15) is 25.7 Å². The van der Waals surface area contributed by atoms with Crippen LogP contribution in [0, 0.1) is 0 Å². The van der Waals surface area contributed by atoms with E-state index >= 15 is 0 Å². The van der Waals surface area contributed by atoms with Gasteiger partial charge in [0.25, 0.3) is 0 Å². The molecule has 1 heterocycles. The summed E-state index contributed by atoms with van der Waals surface area (Å²) in [7, 11) is 0. The van der Waals surface area contributed by atoms with Crippen LogP contribution in [-0.2, 0) is 4.79 Å². The van der Waals surface area contributed by atoms with Crippen molar-refractivity contribution in [2.24, 2.45) is 0 Å². The number of likely N-dealkylation sites (tertiary alicyclic amines) is 1. The fourth-order valence-corrected chi connectivity index (χ4v) is 3.32. The first-order chi connectivity index (χ1) is 11.3. The van der Waals surface area contributed by atoms with E-state index < -0.39 is 0 Å². The van der Waals surface area contributed by atoms with Gasteiger partial charge in [0, 0.05) is 37.5 Å². The zero-order valence-electron chi connectivity index (χ0n) is 13.4. The Balaban J connectivity index is 1.46. The third-order valence-corrected chi connectivity index (χ3v) is 4.80. The first kappa shape index (κ1) is 17.7. The fourth-order valence-electron chi connectivity index (χ4n) is 2.45. The maximum absolute atomic E-state index is 11.8. The van der Waals surface area contributed by atoms with Gasteiger partial charge in [-0.25, -0.2) is 4.79 Å². The van der Waals surface area contributed by atoms with Gasteiger partial charge in [-0.3, -0.25) is 4.79 Å². The Kier molecular flexibility index (Phi) is 7.80. The van der Waals surface area contributed by atoms with E-state index in [9.17, 15) is 9.59 Å². The highest BCUT2D eigenvalue weighted by Gasteiger charge is 2.17. The molecule has 0 bridgehead atoms. The fraction of sp³-hybridized carbons (Fsp3) is 0.529. The van der Waals surface area contributed by atoms with Gasteiger partial charge < -0.3 is 15.5 Å². The molecule has 0 radical (unpaired) electrons. The lowest BCUT2D eigenvalue weighted by Crippen LogP contribution is -2.38. The minimum Gasteiger partial charge on any atom is -0.343 e. The molecule has 1 fully saturated rings. The molecule has 2 rings (SSSR count). The Morgan fingerprint density at radius 2 is 1.74 bits per heavy atom. The van der Waals surface area contributed by atoms with Crippen LogP contribution in [0.25, 0.3) is 0 Å². The van der Waals surface area contributed by atoms with Crippen molar-refractivity contribution in [1.29, 1.82) is 0 Å². The van der Waals surface area contributed by atoms with Crippen molar-refractivity contribution in [3.8, 4) is 0 Å². The molecule has 0 aliphatic carbocycles. The van der Waals surface area contributed by atoms with E-state index in [0.29, 0.717) is 19.5 Å².